The van der Waals surface area contributed by atoms with Crippen molar-refractivity contribution in [2.75, 3.05) is 4.90 Å². The van der Waals surface area contributed by atoms with Crippen LogP contribution in [0, 0.1) is 20.8 Å². The average molecular weight is 437 g/mol. The van der Waals surface area contributed by atoms with Crippen molar-refractivity contribution in [3.63, 3.8) is 0 Å². The highest BCUT2D eigenvalue weighted by Gasteiger charge is 2.45. The maximum absolute atomic E-state index is 13.5. The Morgan fingerprint density at radius 3 is 2.47 bits per heavy atom. The van der Waals surface area contributed by atoms with Gasteiger partial charge in [0.25, 0.3) is 5.91 Å². The normalized spacial score (nSPS) is 15.8. The van der Waals surface area contributed by atoms with Gasteiger partial charge in [-0.05, 0) is 44.5 Å². The molecule has 1 aliphatic rings. The number of rotatable bonds is 2. The van der Waals surface area contributed by atoms with E-state index in [1.165, 1.54) is 11.3 Å². The Bertz CT molecular complexity index is 1370. The van der Waals surface area contributed by atoms with Gasteiger partial charge in [-0.3, -0.25) is 14.5 Å². The van der Waals surface area contributed by atoms with Crippen molar-refractivity contribution in [1.29, 1.82) is 0 Å². The molecule has 2 aromatic carbocycles. The number of aryl methyl sites for hydroxylation is 3. The molecule has 0 bridgehead atoms. The summed E-state index contributed by atoms with van der Waals surface area (Å²) in [7, 11) is 0. The van der Waals surface area contributed by atoms with Gasteiger partial charge in [-0.2, -0.15) is 0 Å². The van der Waals surface area contributed by atoms with Gasteiger partial charge in [0, 0.05) is 9.90 Å². The minimum atomic E-state index is -0.613. The third kappa shape index (κ3) is 2.79. The van der Waals surface area contributed by atoms with Crippen LogP contribution >= 0.6 is 22.9 Å². The Labute approximate surface area is 181 Å². The van der Waals surface area contributed by atoms with Gasteiger partial charge in [0.1, 0.15) is 5.58 Å². The summed E-state index contributed by atoms with van der Waals surface area (Å²) >= 11 is 7.55. The van der Waals surface area contributed by atoms with Gasteiger partial charge < -0.3 is 4.42 Å². The van der Waals surface area contributed by atoms with E-state index in [0.29, 0.717) is 26.7 Å². The van der Waals surface area contributed by atoms with Crippen LogP contribution in [0.1, 0.15) is 43.9 Å². The number of benzene rings is 2. The third-order valence-electron chi connectivity index (χ3n) is 5.45. The second-order valence-electron chi connectivity index (χ2n) is 7.44. The number of amides is 1. The molecule has 1 atom stereocenters. The van der Waals surface area contributed by atoms with Crippen molar-refractivity contribution in [2.24, 2.45) is 0 Å². The van der Waals surface area contributed by atoms with Gasteiger partial charge >= 0.3 is 0 Å². The molecule has 5 nitrogen and oxygen atoms in total. The van der Waals surface area contributed by atoms with E-state index in [2.05, 4.69) is 4.98 Å². The van der Waals surface area contributed by atoms with Crippen molar-refractivity contribution in [3.05, 3.63) is 90.7 Å². The Morgan fingerprint density at radius 2 is 1.80 bits per heavy atom. The molecule has 0 radical (unpaired) electrons. The van der Waals surface area contributed by atoms with Crippen LogP contribution in [-0.4, -0.2) is 10.9 Å². The summed E-state index contributed by atoms with van der Waals surface area (Å²) in [6.07, 6.45) is 0. The van der Waals surface area contributed by atoms with E-state index in [-0.39, 0.29) is 17.1 Å². The number of aromatic nitrogens is 1. The van der Waals surface area contributed by atoms with Crippen LogP contribution in [-0.2, 0) is 0 Å². The summed E-state index contributed by atoms with van der Waals surface area (Å²) < 4.78 is 5.94. The second kappa shape index (κ2) is 6.79. The van der Waals surface area contributed by atoms with Crippen LogP contribution in [0.2, 0.25) is 5.02 Å². The zero-order valence-electron chi connectivity index (χ0n) is 16.5. The number of fused-ring (bicyclic) bond motifs is 2. The lowest BCUT2D eigenvalue weighted by Gasteiger charge is -2.22. The molecule has 3 heterocycles. The van der Waals surface area contributed by atoms with E-state index in [1.807, 2.05) is 45.0 Å². The van der Waals surface area contributed by atoms with Crippen molar-refractivity contribution in [1.82, 2.24) is 4.98 Å². The summed E-state index contributed by atoms with van der Waals surface area (Å²) in [5.41, 5.74) is 3.19. The first kappa shape index (κ1) is 19.0. The molecule has 4 aromatic rings. The van der Waals surface area contributed by atoms with Gasteiger partial charge in [0.15, 0.2) is 10.6 Å². The van der Waals surface area contributed by atoms with Crippen molar-refractivity contribution >= 4 is 44.9 Å². The van der Waals surface area contributed by atoms with E-state index in [4.69, 9.17) is 16.0 Å². The van der Waals surface area contributed by atoms with Gasteiger partial charge in [0.05, 0.1) is 22.7 Å². The zero-order chi connectivity index (χ0) is 21.2. The maximum atomic E-state index is 13.5. The first-order valence-electron chi connectivity index (χ1n) is 9.45. The van der Waals surface area contributed by atoms with Crippen LogP contribution in [0.5, 0.6) is 0 Å². The molecule has 5 rings (SSSR count). The second-order valence-corrected chi connectivity index (χ2v) is 9.06. The standard InChI is InChI=1S/C23H17ClN2O3S/c1-11-4-6-14(7-5-11)19-18-20(27)16-10-15(24)8-9-17(16)29-21(18)22(28)26(19)23-25-12(2)13(3)30-23/h4-10,19H,1-3H3. The number of halogens is 1. The minimum absolute atomic E-state index is 0.0610. The predicted octanol–water partition coefficient (Wildman–Crippen LogP) is 5.58. The van der Waals surface area contributed by atoms with E-state index in [1.54, 1.807) is 23.1 Å². The van der Waals surface area contributed by atoms with E-state index in [9.17, 15) is 9.59 Å². The molecule has 0 spiro atoms. The lowest BCUT2D eigenvalue weighted by molar-refractivity contribution is 0.0971. The molecule has 2 aromatic heterocycles. The van der Waals surface area contributed by atoms with Crippen LogP contribution in [0.3, 0.4) is 0 Å². The Balaban J connectivity index is 1.82. The van der Waals surface area contributed by atoms with E-state index < -0.39 is 6.04 Å². The zero-order valence-corrected chi connectivity index (χ0v) is 18.1. The molecule has 0 aliphatic carbocycles. The largest absolute Gasteiger partial charge is 0.450 e. The number of anilines is 1. The first-order chi connectivity index (χ1) is 14.3. The highest BCUT2D eigenvalue weighted by atomic mass is 35.5. The molecular formula is C23H17ClN2O3S. The summed E-state index contributed by atoms with van der Waals surface area (Å²) in [5.74, 6) is -0.302. The van der Waals surface area contributed by atoms with Crippen LogP contribution in [0.15, 0.2) is 51.7 Å². The SMILES string of the molecule is Cc1ccc(C2c3c(oc4ccc(Cl)cc4c3=O)C(=O)N2c2nc(C)c(C)s2)cc1. The van der Waals surface area contributed by atoms with Crippen LogP contribution in [0.25, 0.3) is 11.0 Å². The number of nitrogens with zero attached hydrogens (tertiary/aromatic N) is 2. The van der Waals surface area contributed by atoms with Crippen molar-refractivity contribution < 1.29 is 9.21 Å². The van der Waals surface area contributed by atoms with Gasteiger partial charge in [-0.1, -0.05) is 41.4 Å². The molecule has 150 valence electrons. The van der Waals surface area contributed by atoms with Crippen LogP contribution < -0.4 is 10.3 Å². The van der Waals surface area contributed by atoms with E-state index >= 15 is 0 Å². The van der Waals surface area contributed by atoms with Crippen molar-refractivity contribution in [2.45, 2.75) is 26.8 Å². The molecule has 30 heavy (non-hydrogen) atoms. The first-order valence-corrected chi connectivity index (χ1v) is 10.6. The van der Waals surface area contributed by atoms with Crippen LogP contribution in [0.4, 0.5) is 5.13 Å². The van der Waals surface area contributed by atoms with Gasteiger partial charge in [0.2, 0.25) is 5.76 Å². The molecule has 7 heteroatoms. The molecular weight excluding hydrogens is 420 g/mol. The lowest BCUT2D eigenvalue weighted by Crippen LogP contribution is -2.29. The summed E-state index contributed by atoms with van der Waals surface area (Å²) in [6.45, 7) is 5.86. The topological polar surface area (TPSA) is 63.4 Å². The average Bonchev–Trinajstić information content (AvgIpc) is 3.20. The molecule has 1 aliphatic heterocycles. The fourth-order valence-electron chi connectivity index (χ4n) is 3.77. The highest BCUT2D eigenvalue weighted by Crippen LogP contribution is 2.43. The molecule has 0 saturated heterocycles. The third-order valence-corrected chi connectivity index (χ3v) is 6.76. The van der Waals surface area contributed by atoms with Gasteiger partial charge in [-0.15, -0.1) is 11.3 Å². The molecule has 1 amide bonds. The number of thiazole rings is 1. The number of carbonyl (C=O) groups excluding carboxylic acids is 1. The van der Waals surface area contributed by atoms with Gasteiger partial charge in [-0.25, -0.2) is 4.98 Å². The fourth-order valence-corrected chi connectivity index (χ4v) is 4.87. The van der Waals surface area contributed by atoms with E-state index in [0.717, 1.165) is 21.7 Å². The molecule has 0 saturated carbocycles. The summed E-state index contributed by atoms with van der Waals surface area (Å²) in [5, 5.41) is 1.35. The van der Waals surface area contributed by atoms with Crippen molar-refractivity contribution in [3.8, 4) is 0 Å². The quantitative estimate of drug-likeness (QED) is 0.411. The fraction of sp³-hybridized carbons (Fsp3) is 0.174. The number of hydrogen-bond donors (Lipinski definition) is 0. The Morgan fingerprint density at radius 1 is 1.07 bits per heavy atom. The maximum Gasteiger partial charge on any atom is 0.297 e. The summed E-state index contributed by atoms with van der Waals surface area (Å²) in [6, 6.07) is 12.0. The Hall–Kier alpha value is -2.96. The minimum Gasteiger partial charge on any atom is -0.450 e. The monoisotopic (exact) mass is 436 g/mol. The number of carbonyl (C=O) groups is 1. The molecule has 0 fully saturated rings. The summed E-state index contributed by atoms with van der Waals surface area (Å²) in [4.78, 5) is 34.2. The lowest BCUT2D eigenvalue weighted by atomic mass is 9.98. The molecule has 1 unspecified atom stereocenters. The molecule has 0 N–H and O–H groups in total. The predicted molar refractivity (Wildman–Crippen MR) is 119 cm³/mol. The smallest absolute Gasteiger partial charge is 0.297 e. The highest BCUT2D eigenvalue weighted by molar-refractivity contribution is 7.15. The Kier molecular flexibility index (Phi) is 4.31. The number of hydrogen-bond acceptors (Lipinski definition) is 5.